The van der Waals surface area contributed by atoms with Gasteiger partial charge in [0.25, 0.3) is 0 Å². The Bertz CT molecular complexity index is 3070. The Morgan fingerprint density at radius 3 is 1.28 bits per heavy atom. The highest BCUT2D eigenvalue weighted by atomic mass is 16.3. The van der Waals surface area contributed by atoms with Crippen LogP contribution in [0.2, 0.25) is 0 Å². The largest absolute Gasteiger partial charge is 0.454 e. The molecule has 0 saturated carbocycles. The predicted molar refractivity (Wildman–Crippen MR) is 222 cm³/mol. The van der Waals surface area contributed by atoms with Gasteiger partial charge in [0.2, 0.25) is 0 Å². The Hall–Kier alpha value is -7.10. The zero-order valence-corrected chi connectivity index (χ0v) is 28.7. The van der Waals surface area contributed by atoms with Gasteiger partial charge < -0.3 is 13.7 Å². The lowest BCUT2D eigenvalue weighted by Gasteiger charge is -2.26. The number of rotatable bonds is 5. The smallest absolute Gasteiger partial charge is 0.159 e. The molecular formula is C50H31NO2. The van der Waals surface area contributed by atoms with Crippen LogP contribution in [0, 0.1) is 0 Å². The summed E-state index contributed by atoms with van der Waals surface area (Å²) >= 11 is 0. The summed E-state index contributed by atoms with van der Waals surface area (Å²) in [5.41, 5.74) is 11.0. The molecule has 3 heteroatoms. The van der Waals surface area contributed by atoms with Crippen LogP contribution in [-0.2, 0) is 0 Å². The van der Waals surface area contributed by atoms with Crippen molar-refractivity contribution in [2.24, 2.45) is 0 Å². The van der Waals surface area contributed by atoms with Crippen molar-refractivity contribution in [2.45, 2.75) is 0 Å². The van der Waals surface area contributed by atoms with Crippen LogP contribution < -0.4 is 4.90 Å². The summed E-state index contributed by atoms with van der Waals surface area (Å²) in [5, 5.41) is 9.26. The normalized spacial score (nSPS) is 11.8. The number of fused-ring (bicyclic) bond motifs is 9. The molecule has 0 saturated heterocycles. The highest BCUT2D eigenvalue weighted by Crippen LogP contribution is 2.49. The van der Waals surface area contributed by atoms with Gasteiger partial charge in [-0.15, -0.1) is 0 Å². The van der Waals surface area contributed by atoms with Gasteiger partial charge in [-0.3, -0.25) is 0 Å². The van der Waals surface area contributed by atoms with Gasteiger partial charge in [0.1, 0.15) is 11.2 Å². The average Bonchev–Trinajstić information content (AvgIpc) is 3.81. The molecule has 2 heterocycles. The van der Waals surface area contributed by atoms with Gasteiger partial charge in [0.15, 0.2) is 11.2 Å². The first-order valence-corrected chi connectivity index (χ1v) is 18.0. The van der Waals surface area contributed by atoms with Crippen LogP contribution in [0.4, 0.5) is 17.1 Å². The highest BCUT2D eigenvalue weighted by molar-refractivity contribution is 6.22. The van der Waals surface area contributed by atoms with Crippen molar-refractivity contribution < 1.29 is 8.83 Å². The quantitative estimate of drug-likeness (QED) is 0.170. The van der Waals surface area contributed by atoms with E-state index in [-0.39, 0.29) is 0 Å². The molecular weight excluding hydrogens is 647 g/mol. The zero-order valence-electron chi connectivity index (χ0n) is 28.7. The lowest BCUT2D eigenvalue weighted by Crippen LogP contribution is -2.10. The molecule has 53 heavy (non-hydrogen) atoms. The first-order valence-electron chi connectivity index (χ1n) is 18.0. The SMILES string of the molecule is c1ccc(-c2c(-c3cccc(N(c4cccc5c4oc4ccccc45)c4cccc5c4oc4ccccc45)c3)c3ccccc3c3ccccc23)cc1. The Kier molecular flexibility index (Phi) is 6.55. The molecule has 0 aliphatic heterocycles. The van der Waals surface area contributed by atoms with E-state index in [9.17, 15) is 0 Å². The second kappa shape index (κ2) is 11.7. The minimum absolute atomic E-state index is 0.827. The summed E-state index contributed by atoms with van der Waals surface area (Å²) in [6.07, 6.45) is 0. The third-order valence-electron chi connectivity index (χ3n) is 10.6. The van der Waals surface area contributed by atoms with Crippen LogP contribution in [0.25, 0.3) is 87.7 Å². The molecule has 0 radical (unpaired) electrons. The second-order valence-electron chi connectivity index (χ2n) is 13.6. The topological polar surface area (TPSA) is 29.5 Å². The van der Waals surface area contributed by atoms with E-state index in [4.69, 9.17) is 8.83 Å². The standard InChI is InChI=1S/C50H31NO2/c1-2-15-32(16-3-1)47-39-23-6-4-19-35(39)36-20-5-7-24-40(36)48(47)33-17-12-18-34(31-33)51(43-27-13-25-41-37-21-8-10-29-45(37)52-49(41)43)44-28-14-26-42-38-22-9-11-30-46(38)53-50(42)44/h1-31H. The summed E-state index contributed by atoms with van der Waals surface area (Å²) < 4.78 is 13.4. The van der Waals surface area contributed by atoms with E-state index >= 15 is 0 Å². The molecule has 248 valence electrons. The van der Waals surface area contributed by atoms with Crippen LogP contribution in [0.1, 0.15) is 0 Å². The number of hydrogen-bond donors (Lipinski definition) is 0. The minimum Gasteiger partial charge on any atom is -0.454 e. The van der Waals surface area contributed by atoms with Crippen molar-refractivity contribution in [1.82, 2.24) is 0 Å². The molecule has 2 aromatic heterocycles. The van der Waals surface area contributed by atoms with Gasteiger partial charge in [-0.05, 0) is 80.2 Å². The fourth-order valence-corrected chi connectivity index (χ4v) is 8.37. The van der Waals surface area contributed by atoms with E-state index in [0.717, 1.165) is 66.5 Å². The third kappa shape index (κ3) is 4.54. The molecule has 0 spiro atoms. The zero-order chi connectivity index (χ0) is 34.9. The summed E-state index contributed by atoms with van der Waals surface area (Å²) in [4.78, 5) is 2.31. The highest BCUT2D eigenvalue weighted by Gasteiger charge is 2.24. The van der Waals surface area contributed by atoms with Crippen LogP contribution in [0.3, 0.4) is 0 Å². The molecule has 0 N–H and O–H groups in total. The van der Waals surface area contributed by atoms with Crippen molar-refractivity contribution >= 4 is 82.5 Å². The van der Waals surface area contributed by atoms with E-state index in [1.165, 1.54) is 38.2 Å². The molecule has 11 aromatic rings. The molecule has 0 bridgehead atoms. The first-order chi connectivity index (χ1) is 26.3. The van der Waals surface area contributed by atoms with Crippen LogP contribution in [-0.4, -0.2) is 0 Å². The Morgan fingerprint density at radius 2 is 0.717 bits per heavy atom. The average molecular weight is 678 g/mol. The molecule has 11 rings (SSSR count). The summed E-state index contributed by atoms with van der Waals surface area (Å²) in [5.74, 6) is 0. The maximum Gasteiger partial charge on any atom is 0.159 e. The second-order valence-corrected chi connectivity index (χ2v) is 13.6. The minimum atomic E-state index is 0.827. The van der Waals surface area contributed by atoms with Gasteiger partial charge >= 0.3 is 0 Å². The van der Waals surface area contributed by atoms with E-state index in [1.807, 2.05) is 24.3 Å². The summed E-state index contributed by atoms with van der Waals surface area (Å²) in [7, 11) is 0. The summed E-state index contributed by atoms with van der Waals surface area (Å²) in [6.45, 7) is 0. The van der Waals surface area contributed by atoms with E-state index in [1.54, 1.807) is 0 Å². The molecule has 0 fully saturated rings. The maximum absolute atomic E-state index is 6.70. The van der Waals surface area contributed by atoms with Crippen molar-refractivity contribution in [3.63, 3.8) is 0 Å². The van der Waals surface area contributed by atoms with Crippen LogP contribution >= 0.6 is 0 Å². The fraction of sp³-hybridized carbons (Fsp3) is 0. The molecule has 3 nitrogen and oxygen atoms in total. The van der Waals surface area contributed by atoms with Gasteiger partial charge in [0.05, 0.1) is 11.4 Å². The molecule has 0 atom stereocenters. The molecule has 0 aliphatic rings. The number of furan rings is 2. The van der Waals surface area contributed by atoms with Gasteiger partial charge in [-0.2, -0.15) is 0 Å². The fourth-order valence-electron chi connectivity index (χ4n) is 8.37. The van der Waals surface area contributed by atoms with Crippen LogP contribution in [0.5, 0.6) is 0 Å². The van der Waals surface area contributed by atoms with Crippen molar-refractivity contribution in [3.8, 4) is 22.3 Å². The summed E-state index contributed by atoms with van der Waals surface area (Å²) in [6, 6.07) is 66.7. The molecule has 0 amide bonds. The Balaban J connectivity index is 1.23. The van der Waals surface area contributed by atoms with E-state index in [0.29, 0.717) is 0 Å². The number of anilines is 3. The van der Waals surface area contributed by atoms with Gasteiger partial charge in [0, 0.05) is 27.2 Å². The number of nitrogens with zero attached hydrogens (tertiary/aromatic N) is 1. The van der Waals surface area contributed by atoms with Crippen LogP contribution in [0.15, 0.2) is 197 Å². The predicted octanol–water partition coefficient (Wildman–Crippen LogP) is 14.6. The number of benzene rings is 9. The Labute approximate surface area is 305 Å². The van der Waals surface area contributed by atoms with Crippen molar-refractivity contribution in [3.05, 3.63) is 188 Å². The molecule has 9 aromatic carbocycles. The third-order valence-corrected chi connectivity index (χ3v) is 10.6. The van der Waals surface area contributed by atoms with Gasteiger partial charge in [-0.1, -0.05) is 152 Å². The van der Waals surface area contributed by atoms with Crippen molar-refractivity contribution in [1.29, 1.82) is 0 Å². The van der Waals surface area contributed by atoms with Crippen molar-refractivity contribution in [2.75, 3.05) is 4.90 Å². The first kappa shape index (κ1) is 29.6. The lowest BCUT2D eigenvalue weighted by atomic mass is 9.85. The van der Waals surface area contributed by atoms with Gasteiger partial charge in [-0.25, -0.2) is 0 Å². The monoisotopic (exact) mass is 677 g/mol. The molecule has 0 aliphatic carbocycles. The number of para-hydroxylation sites is 4. The molecule has 0 unspecified atom stereocenters. The Morgan fingerprint density at radius 1 is 0.302 bits per heavy atom. The van der Waals surface area contributed by atoms with E-state index < -0.39 is 0 Å². The van der Waals surface area contributed by atoms with E-state index in [2.05, 4.69) is 169 Å². The number of hydrogen-bond acceptors (Lipinski definition) is 3. The maximum atomic E-state index is 6.70. The lowest BCUT2D eigenvalue weighted by molar-refractivity contribution is 0.666.